The molecular formula is C11H6ClF3O2S. The monoisotopic (exact) mass is 294 g/mol. The van der Waals surface area contributed by atoms with Crippen LogP contribution in [0.15, 0.2) is 17.0 Å². The Morgan fingerprint density at radius 3 is 2.56 bits per heavy atom. The van der Waals surface area contributed by atoms with Crippen molar-refractivity contribution in [2.75, 3.05) is 5.75 Å². The zero-order valence-corrected chi connectivity index (χ0v) is 10.4. The standard InChI is InChI=1S/C11H6ClF3O2S/c12-10(17)5-1-2-6(11(13,14)15)8-7(16)3-4-18-9(5)8/h1-2H,3-4H2. The van der Waals surface area contributed by atoms with Gasteiger partial charge in [0.05, 0.1) is 5.56 Å². The van der Waals surface area contributed by atoms with E-state index in [0.717, 1.165) is 23.9 Å². The summed E-state index contributed by atoms with van der Waals surface area (Å²) in [7, 11) is 0. The van der Waals surface area contributed by atoms with E-state index in [9.17, 15) is 22.8 Å². The van der Waals surface area contributed by atoms with Crippen LogP contribution in [0.1, 0.15) is 32.7 Å². The Bertz CT molecular complexity index is 540. The number of hydrogen-bond acceptors (Lipinski definition) is 3. The van der Waals surface area contributed by atoms with Gasteiger partial charge in [0, 0.05) is 28.2 Å². The van der Waals surface area contributed by atoms with E-state index in [1.165, 1.54) is 0 Å². The third kappa shape index (κ3) is 2.27. The molecule has 0 saturated heterocycles. The van der Waals surface area contributed by atoms with Crippen molar-refractivity contribution in [2.24, 2.45) is 0 Å². The SMILES string of the molecule is O=C(Cl)c1ccc(C(F)(F)F)c2c1SCCC2=O. The number of carbonyl (C=O) groups excluding carboxylic acids is 2. The predicted molar refractivity (Wildman–Crippen MR) is 61.3 cm³/mol. The minimum atomic E-state index is -4.62. The van der Waals surface area contributed by atoms with Crippen molar-refractivity contribution in [2.45, 2.75) is 17.5 Å². The van der Waals surface area contributed by atoms with Crippen LogP contribution in [-0.4, -0.2) is 16.8 Å². The lowest BCUT2D eigenvalue weighted by molar-refractivity contribution is -0.138. The molecule has 1 aromatic carbocycles. The number of benzene rings is 1. The fraction of sp³-hybridized carbons (Fsp3) is 0.273. The quantitative estimate of drug-likeness (QED) is 0.740. The second kappa shape index (κ2) is 4.59. The zero-order chi connectivity index (χ0) is 13.5. The Labute approximate surface area is 109 Å². The van der Waals surface area contributed by atoms with Crippen LogP contribution in [0.25, 0.3) is 0 Å². The minimum Gasteiger partial charge on any atom is -0.294 e. The molecule has 0 spiro atoms. The Kier molecular flexibility index (Phi) is 3.42. The van der Waals surface area contributed by atoms with Gasteiger partial charge in [-0.25, -0.2) is 0 Å². The average molecular weight is 295 g/mol. The summed E-state index contributed by atoms with van der Waals surface area (Å²) in [6.07, 6.45) is -4.59. The molecule has 0 bridgehead atoms. The first-order valence-corrected chi connectivity index (χ1v) is 6.28. The van der Waals surface area contributed by atoms with Gasteiger partial charge >= 0.3 is 6.18 Å². The highest BCUT2D eigenvalue weighted by molar-refractivity contribution is 7.99. The van der Waals surface area contributed by atoms with Crippen LogP contribution in [0, 0.1) is 0 Å². The fourth-order valence-electron chi connectivity index (χ4n) is 1.77. The topological polar surface area (TPSA) is 34.1 Å². The summed E-state index contributed by atoms with van der Waals surface area (Å²) in [6.45, 7) is 0. The Hall–Kier alpha value is -1.01. The van der Waals surface area contributed by atoms with Crippen molar-refractivity contribution in [3.63, 3.8) is 0 Å². The van der Waals surface area contributed by atoms with Crippen molar-refractivity contribution >= 4 is 34.4 Å². The maximum Gasteiger partial charge on any atom is 0.417 e. The molecule has 1 aliphatic rings. The number of halogens is 4. The number of rotatable bonds is 1. The highest BCUT2D eigenvalue weighted by Crippen LogP contribution is 2.41. The molecule has 0 fully saturated rings. The van der Waals surface area contributed by atoms with Gasteiger partial charge in [-0.3, -0.25) is 9.59 Å². The summed E-state index contributed by atoms with van der Waals surface area (Å²) in [4.78, 5) is 22.8. The van der Waals surface area contributed by atoms with Crippen molar-refractivity contribution in [3.8, 4) is 0 Å². The molecule has 2 nitrogen and oxygen atoms in total. The van der Waals surface area contributed by atoms with E-state index in [1.54, 1.807) is 0 Å². The number of fused-ring (bicyclic) bond motifs is 1. The van der Waals surface area contributed by atoms with Gasteiger partial charge in [-0.15, -0.1) is 11.8 Å². The third-order valence-electron chi connectivity index (χ3n) is 2.53. The summed E-state index contributed by atoms with van der Waals surface area (Å²) in [5, 5.41) is -0.859. The normalized spacial score (nSPS) is 15.4. The van der Waals surface area contributed by atoms with Crippen LogP contribution in [0.4, 0.5) is 13.2 Å². The molecule has 1 heterocycles. The van der Waals surface area contributed by atoms with Crippen molar-refractivity contribution in [1.82, 2.24) is 0 Å². The molecule has 0 radical (unpaired) electrons. The smallest absolute Gasteiger partial charge is 0.294 e. The largest absolute Gasteiger partial charge is 0.417 e. The van der Waals surface area contributed by atoms with Gasteiger partial charge in [0.25, 0.3) is 5.24 Å². The highest BCUT2D eigenvalue weighted by Gasteiger charge is 2.38. The van der Waals surface area contributed by atoms with E-state index in [4.69, 9.17) is 11.6 Å². The van der Waals surface area contributed by atoms with Gasteiger partial charge in [0.2, 0.25) is 0 Å². The van der Waals surface area contributed by atoms with Crippen LogP contribution >= 0.6 is 23.4 Å². The lowest BCUT2D eigenvalue weighted by Crippen LogP contribution is -2.19. The number of alkyl halides is 3. The van der Waals surface area contributed by atoms with E-state index >= 15 is 0 Å². The molecule has 0 aromatic heterocycles. The lowest BCUT2D eigenvalue weighted by Gasteiger charge is -2.21. The molecule has 0 unspecified atom stereocenters. The van der Waals surface area contributed by atoms with Gasteiger partial charge < -0.3 is 0 Å². The molecule has 0 saturated carbocycles. The Balaban J connectivity index is 2.74. The maximum atomic E-state index is 12.8. The van der Waals surface area contributed by atoms with Crippen LogP contribution in [0.5, 0.6) is 0 Å². The van der Waals surface area contributed by atoms with Gasteiger partial charge in [0.1, 0.15) is 0 Å². The van der Waals surface area contributed by atoms with E-state index in [-0.39, 0.29) is 16.9 Å². The summed E-state index contributed by atoms with van der Waals surface area (Å²) in [6, 6.07) is 1.75. The zero-order valence-electron chi connectivity index (χ0n) is 8.81. The first kappa shape index (κ1) is 13.4. The minimum absolute atomic E-state index is 0.0284. The molecular weight excluding hydrogens is 289 g/mol. The lowest BCUT2D eigenvalue weighted by atomic mass is 9.98. The summed E-state index contributed by atoms with van der Waals surface area (Å²) < 4.78 is 38.4. The molecule has 0 N–H and O–H groups in total. The van der Waals surface area contributed by atoms with Crippen molar-refractivity contribution < 1.29 is 22.8 Å². The first-order valence-electron chi connectivity index (χ1n) is 4.92. The van der Waals surface area contributed by atoms with Crippen LogP contribution in [0.2, 0.25) is 0 Å². The molecule has 18 heavy (non-hydrogen) atoms. The van der Waals surface area contributed by atoms with E-state index in [0.29, 0.717) is 5.75 Å². The molecule has 7 heteroatoms. The molecule has 0 aliphatic carbocycles. The molecule has 0 atom stereocenters. The molecule has 0 amide bonds. The summed E-state index contributed by atoms with van der Waals surface area (Å²) >= 11 is 6.36. The van der Waals surface area contributed by atoms with Gasteiger partial charge in [-0.1, -0.05) is 0 Å². The Morgan fingerprint density at radius 1 is 1.33 bits per heavy atom. The highest BCUT2D eigenvalue weighted by atomic mass is 35.5. The molecule has 1 aromatic rings. The Morgan fingerprint density at radius 2 is 2.00 bits per heavy atom. The van der Waals surface area contributed by atoms with Crippen LogP contribution in [0.3, 0.4) is 0 Å². The number of hydrogen-bond donors (Lipinski definition) is 0. The second-order valence-electron chi connectivity index (χ2n) is 3.66. The van der Waals surface area contributed by atoms with Gasteiger partial charge in [0.15, 0.2) is 5.78 Å². The first-order chi connectivity index (χ1) is 8.32. The van der Waals surface area contributed by atoms with Gasteiger partial charge in [-0.2, -0.15) is 13.2 Å². The number of thioether (sulfide) groups is 1. The number of ketones is 1. The summed E-state index contributed by atoms with van der Waals surface area (Å²) in [5.41, 5.74) is -1.47. The van der Waals surface area contributed by atoms with E-state index in [1.807, 2.05) is 0 Å². The second-order valence-corrected chi connectivity index (χ2v) is 5.11. The fourth-order valence-corrected chi connectivity index (χ4v) is 3.16. The van der Waals surface area contributed by atoms with Crippen molar-refractivity contribution in [1.29, 1.82) is 0 Å². The number of carbonyl (C=O) groups is 2. The number of Topliss-reactive ketones (excluding diaryl/α,β-unsaturated/α-hetero) is 1. The predicted octanol–water partition coefficient (Wildman–Crippen LogP) is 3.76. The maximum absolute atomic E-state index is 12.8. The molecule has 2 rings (SSSR count). The molecule has 1 aliphatic heterocycles. The van der Waals surface area contributed by atoms with Crippen molar-refractivity contribution in [3.05, 3.63) is 28.8 Å². The van der Waals surface area contributed by atoms with Crippen LogP contribution in [-0.2, 0) is 6.18 Å². The van der Waals surface area contributed by atoms with Crippen LogP contribution < -0.4 is 0 Å². The summed E-state index contributed by atoms with van der Waals surface area (Å²) in [5.74, 6) is -0.250. The third-order valence-corrected chi connectivity index (χ3v) is 3.85. The van der Waals surface area contributed by atoms with Gasteiger partial charge in [-0.05, 0) is 23.7 Å². The average Bonchev–Trinajstić information content (AvgIpc) is 2.26. The molecule has 96 valence electrons. The van der Waals surface area contributed by atoms with E-state index < -0.39 is 28.3 Å². The van der Waals surface area contributed by atoms with E-state index in [2.05, 4.69) is 0 Å².